The minimum absolute atomic E-state index is 0.0176. The molecular formula is C15H21NO3. The maximum Gasteiger partial charge on any atom is 0.251 e. The third kappa shape index (κ3) is 3.96. The van der Waals surface area contributed by atoms with Crippen LogP contribution in [0.4, 0.5) is 0 Å². The van der Waals surface area contributed by atoms with Gasteiger partial charge in [-0.25, -0.2) is 0 Å². The summed E-state index contributed by atoms with van der Waals surface area (Å²) in [6.45, 7) is 4.41. The zero-order chi connectivity index (χ0) is 13.8. The molecule has 1 aliphatic carbocycles. The number of amides is 1. The first-order chi connectivity index (χ1) is 9.10. The lowest BCUT2D eigenvalue weighted by atomic mass is 10.1. The molecule has 0 spiro atoms. The van der Waals surface area contributed by atoms with Gasteiger partial charge in [0, 0.05) is 17.2 Å². The molecule has 1 aromatic carbocycles. The Morgan fingerprint density at radius 2 is 2.16 bits per heavy atom. The van der Waals surface area contributed by atoms with E-state index >= 15 is 0 Å². The Kier molecular flexibility index (Phi) is 4.43. The Morgan fingerprint density at radius 3 is 2.74 bits per heavy atom. The maximum absolute atomic E-state index is 12.0. The number of hydrogen-bond acceptors (Lipinski definition) is 3. The molecule has 0 unspecified atom stereocenters. The lowest BCUT2D eigenvalue weighted by molar-refractivity contribution is 0.0644. The fraction of sp³-hybridized carbons (Fsp3) is 0.533. The average molecular weight is 263 g/mol. The summed E-state index contributed by atoms with van der Waals surface area (Å²) in [5.41, 5.74) is 1.56. The highest BCUT2D eigenvalue weighted by Crippen LogP contribution is 2.23. The van der Waals surface area contributed by atoms with E-state index in [1.54, 1.807) is 13.2 Å². The van der Waals surface area contributed by atoms with Crippen LogP contribution in [0, 0.1) is 0 Å². The van der Waals surface area contributed by atoms with E-state index in [0.717, 1.165) is 24.2 Å². The van der Waals surface area contributed by atoms with Gasteiger partial charge in [0.1, 0.15) is 5.75 Å². The molecule has 0 aliphatic heterocycles. The number of rotatable bonds is 6. The van der Waals surface area contributed by atoms with Gasteiger partial charge >= 0.3 is 0 Å². The summed E-state index contributed by atoms with van der Waals surface area (Å²) in [6.07, 6.45) is 2.32. The van der Waals surface area contributed by atoms with E-state index in [1.807, 2.05) is 26.0 Å². The number of carbonyl (C=O) groups is 1. The molecule has 1 saturated carbocycles. The second-order valence-corrected chi connectivity index (χ2v) is 5.13. The van der Waals surface area contributed by atoms with Crippen molar-refractivity contribution >= 4 is 5.91 Å². The third-order valence-corrected chi connectivity index (χ3v) is 3.03. The standard InChI is InChI=1S/C15H21NO3/c1-10(2)19-9-12-8-11(4-7-14(12)18-3)15(17)16-13-5-6-13/h4,7-8,10,13H,5-6,9H2,1-3H3,(H,16,17). The number of ether oxygens (including phenoxy) is 2. The number of hydrogen-bond donors (Lipinski definition) is 1. The van der Waals surface area contributed by atoms with Gasteiger partial charge in [-0.05, 0) is 44.9 Å². The summed E-state index contributed by atoms with van der Waals surface area (Å²) in [7, 11) is 1.62. The van der Waals surface area contributed by atoms with Crippen LogP contribution in [0.1, 0.15) is 42.6 Å². The molecule has 1 aliphatic rings. The lowest BCUT2D eigenvalue weighted by Crippen LogP contribution is -2.25. The van der Waals surface area contributed by atoms with Crippen LogP contribution in [0.3, 0.4) is 0 Å². The van der Waals surface area contributed by atoms with Gasteiger partial charge in [-0.15, -0.1) is 0 Å². The highest BCUT2D eigenvalue weighted by molar-refractivity contribution is 5.95. The Morgan fingerprint density at radius 1 is 1.42 bits per heavy atom. The van der Waals surface area contributed by atoms with Crippen LogP contribution in [0.15, 0.2) is 18.2 Å². The predicted molar refractivity (Wildman–Crippen MR) is 73.4 cm³/mol. The highest BCUT2D eigenvalue weighted by Gasteiger charge is 2.24. The van der Waals surface area contributed by atoms with Gasteiger partial charge in [-0.1, -0.05) is 0 Å². The zero-order valence-corrected chi connectivity index (χ0v) is 11.7. The molecule has 0 radical (unpaired) electrons. The summed E-state index contributed by atoms with van der Waals surface area (Å²) in [5, 5.41) is 2.98. The van der Waals surface area contributed by atoms with E-state index in [-0.39, 0.29) is 12.0 Å². The van der Waals surface area contributed by atoms with Gasteiger partial charge in [-0.2, -0.15) is 0 Å². The molecule has 1 N–H and O–H groups in total. The van der Waals surface area contributed by atoms with E-state index in [2.05, 4.69) is 5.32 Å². The van der Waals surface area contributed by atoms with Crippen LogP contribution in [-0.2, 0) is 11.3 Å². The average Bonchev–Trinajstić information content (AvgIpc) is 3.19. The first-order valence-corrected chi connectivity index (χ1v) is 6.69. The maximum atomic E-state index is 12.0. The predicted octanol–water partition coefficient (Wildman–Crippen LogP) is 2.51. The van der Waals surface area contributed by atoms with Crippen molar-refractivity contribution in [1.82, 2.24) is 5.32 Å². The Bertz CT molecular complexity index is 453. The molecule has 0 bridgehead atoms. The summed E-state index contributed by atoms with van der Waals surface area (Å²) in [6, 6.07) is 5.82. The van der Waals surface area contributed by atoms with Crippen LogP contribution in [0.5, 0.6) is 5.75 Å². The fourth-order valence-electron chi connectivity index (χ4n) is 1.79. The van der Waals surface area contributed by atoms with E-state index in [4.69, 9.17) is 9.47 Å². The molecule has 0 aromatic heterocycles. The molecular weight excluding hydrogens is 242 g/mol. The smallest absolute Gasteiger partial charge is 0.251 e. The SMILES string of the molecule is COc1ccc(C(=O)NC2CC2)cc1COC(C)C. The highest BCUT2D eigenvalue weighted by atomic mass is 16.5. The molecule has 4 heteroatoms. The molecule has 4 nitrogen and oxygen atoms in total. The van der Waals surface area contributed by atoms with Crippen molar-refractivity contribution in [1.29, 1.82) is 0 Å². The van der Waals surface area contributed by atoms with Crippen LogP contribution in [0.2, 0.25) is 0 Å². The van der Waals surface area contributed by atoms with Crippen LogP contribution < -0.4 is 10.1 Å². The topological polar surface area (TPSA) is 47.6 Å². The molecule has 19 heavy (non-hydrogen) atoms. The summed E-state index contributed by atoms with van der Waals surface area (Å²) in [5.74, 6) is 0.736. The van der Waals surface area contributed by atoms with Crippen LogP contribution >= 0.6 is 0 Å². The molecule has 0 atom stereocenters. The minimum Gasteiger partial charge on any atom is -0.496 e. The first kappa shape index (κ1) is 13.9. The van der Waals surface area contributed by atoms with E-state index in [1.165, 1.54) is 0 Å². The van der Waals surface area contributed by atoms with Crippen molar-refractivity contribution in [3.05, 3.63) is 29.3 Å². The van der Waals surface area contributed by atoms with Gasteiger partial charge in [0.25, 0.3) is 5.91 Å². The summed E-state index contributed by atoms with van der Waals surface area (Å²) >= 11 is 0. The number of carbonyl (C=O) groups excluding carboxylic acids is 1. The van der Waals surface area contributed by atoms with Crippen molar-refractivity contribution in [2.75, 3.05) is 7.11 Å². The Labute approximate surface area is 114 Å². The molecule has 1 aromatic rings. The van der Waals surface area contributed by atoms with Crippen LogP contribution in [0.25, 0.3) is 0 Å². The lowest BCUT2D eigenvalue weighted by Gasteiger charge is -2.13. The molecule has 0 saturated heterocycles. The Balaban J connectivity index is 2.11. The molecule has 1 fully saturated rings. The monoisotopic (exact) mass is 263 g/mol. The van der Waals surface area contributed by atoms with Gasteiger partial charge in [0.15, 0.2) is 0 Å². The zero-order valence-electron chi connectivity index (χ0n) is 11.7. The van der Waals surface area contributed by atoms with Crippen LogP contribution in [-0.4, -0.2) is 25.2 Å². The van der Waals surface area contributed by atoms with E-state index < -0.39 is 0 Å². The van der Waals surface area contributed by atoms with Crippen molar-refractivity contribution < 1.29 is 14.3 Å². The fourth-order valence-corrected chi connectivity index (χ4v) is 1.79. The summed E-state index contributed by atoms with van der Waals surface area (Å²) in [4.78, 5) is 12.0. The minimum atomic E-state index is -0.0176. The molecule has 104 valence electrons. The number of nitrogens with one attached hydrogen (secondary N) is 1. The van der Waals surface area contributed by atoms with Crippen molar-refractivity contribution in [2.24, 2.45) is 0 Å². The van der Waals surface area contributed by atoms with Gasteiger partial charge in [0.05, 0.1) is 19.8 Å². The largest absolute Gasteiger partial charge is 0.496 e. The quantitative estimate of drug-likeness (QED) is 0.858. The van der Waals surface area contributed by atoms with E-state index in [9.17, 15) is 4.79 Å². The normalized spacial score (nSPS) is 14.5. The Hall–Kier alpha value is -1.55. The third-order valence-electron chi connectivity index (χ3n) is 3.03. The second kappa shape index (κ2) is 6.06. The van der Waals surface area contributed by atoms with Gasteiger partial charge in [-0.3, -0.25) is 4.79 Å². The van der Waals surface area contributed by atoms with Gasteiger partial charge < -0.3 is 14.8 Å². The second-order valence-electron chi connectivity index (χ2n) is 5.13. The van der Waals surface area contributed by atoms with Gasteiger partial charge in [0.2, 0.25) is 0 Å². The molecule has 0 heterocycles. The molecule has 1 amide bonds. The van der Waals surface area contributed by atoms with Crippen molar-refractivity contribution in [3.63, 3.8) is 0 Å². The number of benzene rings is 1. The number of methoxy groups -OCH3 is 1. The summed E-state index contributed by atoms with van der Waals surface area (Å²) < 4.78 is 10.9. The van der Waals surface area contributed by atoms with Crippen molar-refractivity contribution in [3.8, 4) is 5.75 Å². The molecule has 2 rings (SSSR count). The van der Waals surface area contributed by atoms with E-state index in [0.29, 0.717) is 18.2 Å². The first-order valence-electron chi connectivity index (χ1n) is 6.69. The van der Waals surface area contributed by atoms with Crippen molar-refractivity contribution in [2.45, 2.75) is 45.4 Å².